The summed E-state index contributed by atoms with van der Waals surface area (Å²) in [5.41, 5.74) is 2.72. The number of rotatable bonds is 8. The van der Waals surface area contributed by atoms with Crippen molar-refractivity contribution in [3.63, 3.8) is 0 Å². The lowest BCUT2D eigenvalue weighted by atomic mass is 9.88. The van der Waals surface area contributed by atoms with Gasteiger partial charge < -0.3 is 15.0 Å². The molecular formula is C23H34N2O. The predicted molar refractivity (Wildman–Crippen MR) is 111 cm³/mol. The summed E-state index contributed by atoms with van der Waals surface area (Å²) < 4.78 is 6.13. The molecule has 142 valence electrons. The van der Waals surface area contributed by atoms with Crippen LogP contribution in [0.4, 0.5) is 0 Å². The Morgan fingerprint density at radius 1 is 1.00 bits per heavy atom. The number of benzene rings is 2. The summed E-state index contributed by atoms with van der Waals surface area (Å²) in [5.74, 6) is 1.80. The van der Waals surface area contributed by atoms with E-state index in [1.54, 1.807) is 0 Å². The van der Waals surface area contributed by atoms with Crippen molar-refractivity contribution < 1.29 is 4.74 Å². The second kappa shape index (κ2) is 9.20. The molecule has 0 fully saturated rings. The maximum absolute atomic E-state index is 6.13. The fourth-order valence-corrected chi connectivity index (χ4v) is 3.12. The fraction of sp³-hybridized carbons (Fsp3) is 0.478. The van der Waals surface area contributed by atoms with Crippen LogP contribution in [0.5, 0.6) is 11.5 Å². The number of nitrogens with zero attached hydrogens (tertiary/aromatic N) is 1. The molecule has 0 aliphatic rings. The summed E-state index contributed by atoms with van der Waals surface area (Å²) in [6.07, 6.45) is 1.13. The summed E-state index contributed by atoms with van der Waals surface area (Å²) in [6, 6.07) is 16.9. The molecule has 0 radical (unpaired) electrons. The Morgan fingerprint density at radius 2 is 1.65 bits per heavy atom. The molecule has 2 aromatic rings. The minimum atomic E-state index is 0.297. The van der Waals surface area contributed by atoms with E-state index in [1.807, 2.05) is 24.3 Å². The molecule has 0 saturated heterocycles. The van der Waals surface area contributed by atoms with Crippen LogP contribution in [0.15, 0.2) is 48.5 Å². The van der Waals surface area contributed by atoms with Gasteiger partial charge in [0, 0.05) is 24.7 Å². The van der Waals surface area contributed by atoms with Crippen molar-refractivity contribution in [2.45, 2.75) is 46.7 Å². The molecule has 0 saturated carbocycles. The number of hydrogen-bond donors (Lipinski definition) is 1. The molecule has 26 heavy (non-hydrogen) atoms. The van der Waals surface area contributed by atoms with Crippen molar-refractivity contribution in [1.29, 1.82) is 0 Å². The molecule has 3 heteroatoms. The summed E-state index contributed by atoms with van der Waals surface area (Å²) in [7, 11) is 4.26. The lowest BCUT2D eigenvalue weighted by Crippen LogP contribution is -2.40. The molecule has 3 nitrogen and oxygen atoms in total. The number of aryl methyl sites for hydroxylation is 1. The summed E-state index contributed by atoms with van der Waals surface area (Å²) in [6.45, 7) is 10.8. The van der Waals surface area contributed by atoms with E-state index in [2.05, 4.69) is 76.3 Å². The van der Waals surface area contributed by atoms with Gasteiger partial charge in [0.2, 0.25) is 0 Å². The molecule has 0 aliphatic carbocycles. The molecule has 2 aromatic carbocycles. The number of likely N-dealkylation sites (N-methyl/N-ethyl adjacent to an activating group) is 1. The van der Waals surface area contributed by atoms with Crippen LogP contribution in [0.1, 0.15) is 38.3 Å². The molecule has 0 spiro atoms. The van der Waals surface area contributed by atoms with Crippen LogP contribution in [0, 0.1) is 12.3 Å². The average Bonchev–Trinajstić information content (AvgIpc) is 2.54. The molecule has 0 aliphatic heterocycles. The van der Waals surface area contributed by atoms with Gasteiger partial charge in [-0.15, -0.1) is 0 Å². The fourth-order valence-electron chi connectivity index (χ4n) is 3.12. The van der Waals surface area contributed by atoms with E-state index in [0.29, 0.717) is 11.5 Å². The van der Waals surface area contributed by atoms with Gasteiger partial charge in [-0.25, -0.2) is 0 Å². The monoisotopic (exact) mass is 354 g/mol. The maximum atomic E-state index is 6.13. The second-order valence-corrected chi connectivity index (χ2v) is 8.63. The molecule has 0 bridgehead atoms. The Bertz CT molecular complexity index is 671. The highest BCUT2D eigenvalue weighted by Gasteiger charge is 2.19. The van der Waals surface area contributed by atoms with Crippen LogP contribution in [0.2, 0.25) is 0 Å². The number of para-hydroxylation sites is 1. The second-order valence-electron chi connectivity index (χ2n) is 8.63. The molecule has 0 amide bonds. The van der Waals surface area contributed by atoms with E-state index in [9.17, 15) is 0 Å². The van der Waals surface area contributed by atoms with Crippen LogP contribution in [-0.4, -0.2) is 31.6 Å². The Labute approximate surface area is 159 Å². The zero-order valence-corrected chi connectivity index (χ0v) is 17.2. The molecule has 0 aromatic heterocycles. The highest BCUT2D eigenvalue weighted by molar-refractivity contribution is 5.38. The Kier molecular flexibility index (Phi) is 7.24. The first kappa shape index (κ1) is 20.5. The van der Waals surface area contributed by atoms with Crippen molar-refractivity contribution >= 4 is 0 Å². The zero-order valence-electron chi connectivity index (χ0n) is 17.2. The molecule has 1 atom stereocenters. The smallest absolute Gasteiger partial charge is 0.131 e. The first-order valence-electron chi connectivity index (χ1n) is 9.43. The van der Waals surface area contributed by atoms with E-state index in [1.165, 1.54) is 11.1 Å². The van der Waals surface area contributed by atoms with Gasteiger partial charge in [-0.2, -0.15) is 0 Å². The molecular weight excluding hydrogens is 320 g/mol. The van der Waals surface area contributed by atoms with E-state index < -0.39 is 0 Å². The van der Waals surface area contributed by atoms with Crippen LogP contribution in [-0.2, 0) is 6.54 Å². The Balaban J connectivity index is 2.06. The third-order valence-corrected chi connectivity index (χ3v) is 4.25. The topological polar surface area (TPSA) is 24.5 Å². The van der Waals surface area contributed by atoms with Gasteiger partial charge in [-0.05, 0) is 51.1 Å². The third-order valence-electron chi connectivity index (χ3n) is 4.25. The van der Waals surface area contributed by atoms with Crippen LogP contribution in [0.25, 0.3) is 0 Å². The average molecular weight is 355 g/mol. The normalized spacial score (nSPS) is 13.0. The van der Waals surface area contributed by atoms with Crippen LogP contribution in [0.3, 0.4) is 0 Å². The highest BCUT2D eigenvalue weighted by Crippen LogP contribution is 2.26. The van der Waals surface area contributed by atoms with E-state index in [4.69, 9.17) is 4.74 Å². The van der Waals surface area contributed by atoms with Crippen LogP contribution >= 0.6 is 0 Å². The zero-order chi connectivity index (χ0) is 19.2. The van der Waals surface area contributed by atoms with Crippen molar-refractivity contribution in [3.05, 3.63) is 59.7 Å². The standard InChI is InChI=1S/C23H34N2O/c1-18-11-13-21(14-12-18)26-22-10-8-7-9-19(22)16-24-20(17-25(5)6)15-23(2,3)4/h7-14,20,24H,15-17H2,1-6H3/t20-/m0/s1. The van der Waals surface area contributed by atoms with Crippen molar-refractivity contribution in [3.8, 4) is 11.5 Å². The van der Waals surface area contributed by atoms with Gasteiger partial charge >= 0.3 is 0 Å². The van der Waals surface area contributed by atoms with Crippen molar-refractivity contribution in [1.82, 2.24) is 10.2 Å². The van der Waals surface area contributed by atoms with Crippen LogP contribution < -0.4 is 10.1 Å². The first-order valence-corrected chi connectivity index (χ1v) is 9.43. The molecule has 0 unspecified atom stereocenters. The van der Waals surface area contributed by atoms with E-state index in [-0.39, 0.29) is 0 Å². The summed E-state index contributed by atoms with van der Waals surface area (Å²) in [5, 5.41) is 3.74. The van der Waals surface area contributed by atoms with E-state index >= 15 is 0 Å². The highest BCUT2D eigenvalue weighted by atomic mass is 16.5. The number of ether oxygens (including phenoxy) is 1. The third kappa shape index (κ3) is 7.19. The predicted octanol–water partition coefficient (Wildman–Crippen LogP) is 5.24. The summed E-state index contributed by atoms with van der Waals surface area (Å²) in [4.78, 5) is 2.25. The van der Waals surface area contributed by atoms with Gasteiger partial charge in [-0.3, -0.25) is 0 Å². The number of hydrogen-bond acceptors (Lipinski definition) is 3. The van der Waals surface area contributed by atoms with Gasteiger partial charge in [0.25, 0.3) is 0 Å². The Morgan fingerprint density at radius 3 is 2.27 bits per heavy atom. The first-order chi connectivity index (χ1) is 12.2. The van der Waals surface area contributed by atoms with Gasteiger partial charge in [0.15, 0.2) is 0 Å². The molecule has 2 rings (SSSR count). The van der Waals surface area contributed by atoms with Gasteiger partial charge in [0.05, 0.1) is 0 Å². The number of nitrogens with one attached hydrogen (secondary N) is 1. The van der Waals surface area contributed by atoms with E-state index in [0.717, 1.165) is 31.0 Å². The van der Waals surface area contributed by atoms with Crippen molar-refractivity contribution in [2.75, 3.05) is 20.6 Å². The summed E-state index contributed by atoms with van der Waals surface area (Å²) >= 11 is 0. The molecule has 1 N–H and O–H groups in total. The Hall–Kier alpha value is -1.84. The minimum Gasteiger partial charge on any atom is -0.457 e. The van der Waals surface area contributed by atoms with Gasteiger partial charge in [0.1, 0.15) is 11.5 Å². The maximum Gasteiger partial charge on any atom is 0.131 e. The SMILES string of the molecule is Cc1ccc(Oc2ccccc2CN[C@H](CN(C)C)CC(C)(C)C)cc1. The van der Waals surface area contributed by atoms with Gasteiger partial charge in [-0.1, -0.05) is 56.7 Å². The van der Waals surface area contributed by atoms with Crippen molar-refractivity contribution in [2.24, 2.45) is 5.41 Å². The lowest BCUT2D eigenvalue weighted by molar-refractivity contribution is 0.255. The lowest BCUT2D eigenvalue weighted by Gasteiger charge is -2.29. The quantitative estimate of drug-likeness (QED) is 0.701. The minimum absolute atomic E-state index is 0.297. The largest absolute Gasteiger partial charge is 0.457 e. The molecule has 0 heterocycles.